The number of carbonyl (C=O) groups excluding carboxylic acids is 1. The predicted octanol–water partition coefficient (Wildman–Crippen LogP) is 4.98. The fourth-order valence-corrected chi connectivity index (χ4v) is 4.59. The number of nitrogens with zero attached hydrogens (tertiary/aromatic N) is 1. The summed E-state index contributed by atoms with van der Waals surface area (Å²) in [6.07, 6.45) is 6.17. The van der Waals surface area contributed by atoms with Gasteiger partial charge in [0.2, 0.25) is 0 Å². The van der Waals surface area contributed by atoms with Gasteiger partial charge in [-0.3, -0.25) is 4.79 Å². The zero-order valence-electron chi connectivity index (χ0n) is 16.9. The van der Waals surface area contributed by atoms with E-state index in [1.807, 2.05) is 54.6 Å². The Bertz CT molecular complexity index is 1020. The number of aryl methyl sites for hydroxylation is 2. The molecule has 6 heteroatoms. The molecule has 0 aliphatic heterocycles. The molecule has 0 bridgehead atoms. The van der Waals surface area contributed by atoms with Gasteiger partial charge in [-0.1, -0.05) is 30.3 Å². The van der Waals surface area contributed by atoms with Crippen LogP contribution in [0, 0.1) is 0 Å². The molecule has 1 aromatic heterocycles. The average Bonchev–Trinajstić information content (AvgIpc) is 3.23. The van der Waals surface area contributed by atoms with Crippen LogP contribution >= 0.6 is 11.3 Å². The van der Waals surface area contributed by atoms with Gasteiger partial charge >= 0.3 is 0 Å². The van der Waals surface area contributed by atoms with Crippen LogP contribution in [-0.4, -0.2) is 19.2 Å². The molecule has 1 aliphatic rings. The number of thiophene rings is 1. The Morgan fingerprint density at radius 1 is 1.10 bits per heavy atom. The third kappa shape index (κ3) is 4.89. The normalized spacial score (nSPS) is 13.1. The molecule has 0 saturated carbocycles. The maximum Gasteiger partial charge on any atom is 0.281 e. The van der Waals surface area contributed by atoms with Crippen molar-refractivity contribution in [2.45, 2.75) is 32.3 Å². The van der Waals surface area contributed by atoms with Crippen molar-refractivity contribution >= 4 is 23.5 Å². The van der Waals surface area contributed by atoms with Crippen molar-refractivity contribution < 1.29 is 14.3 Å². The number of benzene rings is 2. The molecule has 0 fully saturated rings. The van der Waals surface area contributed by atoms with Crippen LogP contribution in [0.4, 0.5) is 0 Å². The summed E-state index contributed by atoms with van der Waals surface area (Å²) in [4.78, 5) is 14.5. The van der Waals surface area contributed by atoms with Crippen LogP contribution in [0.1, 0.15) is 44.1 Å². The Labute approximate surface area is 180 Å². The van der Waals surface area contributed by atoms with Crippen molar-refractivity contribution in [1.82, 2.24) is 5.43 Å². The summed E-state index contributed by atoms with van der Waals surface area (Å²) in [5.41, 5.74) is 5.83. The van der Waals surface area contributed by atoms with Gasteiger partial charge in [-0.05, 0) is 66.6 Å². The van der Waals surface area contributed by atoms with E-state index in [0.29, 0.717) is 18.1 Å². The van der Waals surface area contributed by atoms with E-state index in [9.17, 15) is 4.79 Å². The number of fused-ring (bicyclic) bond motifs is 1. The maximum atomic E-state index is 12.4. The number of carbonyl (C=O) groups is 1. The highest BCUT2D eigenvalue weighted by molar-refractivity contribution is 7.14. The van der Waals surface area contributed by atoms with E-state index in [4.69, 9.17) is 9.47 Å². The van der Waals surface area contributed by atoms with Gasteiger partial charge < -0.3 is 9.47 Å². The number of hydrazone groups is 1. The first-order chi connectivity index (χ1) is 14.7. The van der Waals surface area contributed by atoms with Crippen LogP contribution < -0.4 is 14.9 Å². The van der Waals surface area contributed by atoms with E-state index < -0.39 is 0 Å². The number of methoxy groups -OCH3 is 1. The van der Waals surface area contributed by atoms with Crippen LogP contribution in [0.5, 0.6) is 11.5 Å². The maximum absolute atomic E-state index is 12.4. The minimum Gasteiger partial charge on any atom is -0.493 e. The second kappa shape index (κ2) is 9.59. The zero-order chi connectivity index (χ0) is 20.8. The quantitative estimate of drug-likeness (QED) is 0.433. The largest absolute Gasteiger partial charge is 0.493 e. The molecule has 2 aromatic carbocycles. The molecule has 0 atom stereocenters. The van der Waals surface area contributed by atoms with Crippen molar-refractivity contribution in [3.63, 3.8) is 0 Å². The van der Waals surface area contributed by atoms with Crippen LogP contribution in [0.15, 0.2) is 59.7 Å². The van der Waals surface area contributed by atoms with Gasteiger partial charge in [0.15, 0.2) is 11.5 Å². The third-order valence-corrected chi connectivity index (χ3v) is 6.26. The summed E-state index contributed by atoms with van der Waals surface area (Å²) in [6, 6.07) is 17.5. The van der Waals surface area contributed by atoms with Gasteiger partial charge in [-0.25, -0.2) is 5.43 Å². The van der Waals surface area contributed by atoms with Gasteiger partial charge in [0.1, 0.15) is 6.61 Å². The lowest BCUT2D eigenvalue weighted by Crippen LogP contribution is -2.16. The zero-order valence-corrected chi connectivity index (χ0v) is 17.7. The van der Waals surface area contributed by atoms with Crippen LogP contribution in [0.2, 0.25) is 0 Å². The third-order valence-electron chi connectivity index (χ3n) is 5.02. The highest BCUT2D eigenvalue weighted by Crippen LogP contribution is 2.30. The Hall–Kier alpha value is -3.12. The van der Waals surface area contributed by atoms with Crippen LogP contribution in [0.25, 0.3) is 0 Å². The lowest BCUT2D eigenvalue weighted by molar-refractivity contribution is 0.0959. The summed E-state index contributed by atoms with van der Waals surface area (Å²) < 4.78 is 11.3. The van der Waals surface area contributed by atoms with E-state index in [1.54, 1.807) is 24.7 Å². The van der Waals surface area contributed by atoms with Gasteiger partial charge in [-0.2, -0.15) is 5.10 Å². The molecular weight excluding hydrogens is 396 g/mol. The molecule has 1 heterocycles. The molecule has 0 spiro atoms. The molecule has 1 amide bonds. The average molecular weight is 421 g/mol. The first-order valence-electron chi connectivity index (χ1n) is 10.0. The van der Waals surface area contributed by atoms with Gasteiger partial charge in [-0.15, -0.1) is 11.3 Å². The fraction of sp³-hybridized carbons (Fsp3) is 0.250. The molecule has 3 aromatic rings. The monoisotopic (exact) mass is 420 g/mol. The molecule has 1 aliphatic carbocycles. The summed E-state index contributed by atoms with van der Waals surface area (Å²) in [5, 5.41) is 4.12. The van der Waals surface area contributed by atoms with Crippen molar-refractivity contribution in [2.24, 2.45) is 5.10 Å². The summed E-state index contributed by atoms with van der Waals surface area (Å²) in [6.45, 7) is 0.442. The Balaban J connectivity index is 1.40. The number of amides is 1. The second-order valence-electron chi connectivity index (χ2n) is 7.15. The van der Waals surface area contributed by atoms with E-state index >= 15 is 0 Å². The molecule has 1 N–H and O–H groups in total. The molecular formula is C24H24N2O3S. The molecule has 5 nitrogen and oxygen atoms in total. The highest BCUT2D eigenvalue weighted by atomic mass is 32.1. The van der Waals surface area contributed by atoms with E-state index in [1.165, 1.54) is 23.3 Å². The summed E-state index contributed by atoms with van der Waals surface area (Å²) in [7, 11) is 1.61. The van der Waals surface area contributed by atoms with Crippen LogP contribution in [-0.2, 0) is 19.4 Å². The number of nitrogens with one attached hydrogen (secondary N) is 1. The van der Waals surface area contributed by atoms with Gasteiger partial charge in [0.25, 0.3) is 5.91 Å². The highest BCUT2D eigenvalue weighted by Gasteiger charge is 2.16. The minimum atomic E-state index is -0.167. The summed E-state index contributed by atoms with van der Waals surface area (Å²) >= 11 is 1.58. The molecule has 154 valence electrons. The fourth-order valence-electron chi connectivity index (χ4n) is 3.44. The van der Waals surface area contributed by atoms with Crippen molar-refractivity contribution in [3.8, 4) is 11.5 Å². The Morgan fingerprint density at radius 3 is 2.73 bits per heavy atom. The topological polar surface area (TPSA) is 59.9 Å². The van der Waals surface area contributed by atoms with Crippen molar-refractivity contribution in [1.29, 1.82) is 0 Å². The Kier molecular flexibility index (Phi) is 6.44. The first-order valence-corrected chi connectivity index (χ1v) is 10.8. The molecule has 30 heavy (non-hydrogen) atoms. The lowest BCUT2D eigenvalue weighted by atomic mass is 9.99. The molecule has 0 saturated heterocycles. The van der Waals surface area contributed by atoms with Crippen LogP contribution in [0.3, 0.4) is 0 Å². The Morgan fingerprint density at radius 2 is 1.93 bits per heavy atom. The number of rotatable bonds is 7. The number of hydrogen-bond donors (Lipinski definition) is 1. The first kappa shape index (κ1) is 20.2. The molecule has 0 radical (unpaired) electrons. The smallest absolute Gasteiger partial charge is 0.281 e. The van der Waals surface area contributed by atoms with Gasteiger partial charge in [0.05, 0.1) is 18.2 Å². The van der Waals surface area contributed by atoms with E-state index in [-0.39, 0.29) is 5.91 Å². The predicted molar refractivity (Wildman–Crippen MR) is 120 cm³/mol. The summed E-state index contributed by atoms with van der Waals surface area (Å²) in [5.74, 6) is 1.11. The standard InChI is InChI=1S/C24H24N2O3S/c1-28-20-12-11-18(13-21(20)29-16-17-7-3-2-4-8-17)15-25-26-24(27)23-14-19-9-5-6-10-22(19)30-23/h2-4,7-8,11-15H,5-6,9-10,16H2,1H3,(H,26,27). The molecule has 0 unspecified atom stereocenters. The van der Waals surface area contributed by atoms with Crippen molar-refractivity contribution in [3.05, 3.63) is 81.0 Å². The van der Waals surface area contributed by atoms with E-state index in [2.05, 4.69) is 10.5 Å². The lowest BCUT2D eigenvalue weighted by Gasteiger charge is -2.11. The number of ether oxygens (including phenoxy) is 2. The second-order valence-corrected chi connectivity index (χ2v) is 8.29. The molecule has 4 rings (SSSR count). The van der Waals surface area contributed by atoms with E-state index in [0.717, 1.165) is 28.8 Å². The van der Waals surface area contributed by atoms with Gasteiger partial charge in [0, 0.05) is 4.88 Å². The van der Waals surface area contributed by atoms with Crippen molar-refractivity contribution in [2.75, 3.05) is 7.11 Å². The number of hydrogen-bond acceptors (Lipinski definition) is 5. The SMILES string of the molecule is COc1ccc(C=NNC(=O)c2cc3c(s2)CCCC3)cc1OCc1ccccc1. The minimum absolute atomic E-state index is 0.167.